The fraction of sp³-hybridized carbons (Fsp3) is 0.583. The molecule has 112 valence electrons. The van der Waals surface area contributed by atoms with E-state index < -0.39 is 24.1 Å². The van der Waals surface area contributed by atoms with Crippen LogP contribution in [-0.4, -0.2) is 50.5 Å². The normalized spacial score (nSPS) is 13.5. The standard InChI is InChI=1S/C12H20N4O4/c1-9(17)10(11(18)19)15-12(20)14-4-2-3-6-16-7-5-13-8-16/h5,7-10,17H,2-4,6H2,1H3,(H,18,19)(H2,14,15,20)/t9-,10+/m1/s1. The van der Waals surface area contributed by atoms with Gasteiger partial charge in [-0.3, -0.25) is 0 Å². The minimum Gasteiger partial charge on any atom is -0.480 e. The molecule has 4 N–H and O–H groups in total. The maximum absolute atomic E-state index is 11.4. The number of urea groups is 1. The minimum atomic E-state index is -1.30. The van der Waals surface area contributed by atoms with Gasteiger partial charge in [0.15, 0.2) is 6.04 Å². The van der Waals surface area contributed by atoms with E-state index in [1.54, 1.807) is 12.5 Å². The number of unbranched alkanes of at least 4 members (excludes halogenated alkanes) is 1. The maximum Gasteiger partial charge on any atom is 0.328 e. The number of carbonyl (C=O) groups excluding carboxylic acids is 1. The average Bonchev–Trinajstić information content (AvgIpc) is 2.88. The number of imidazole rings is 1. The summed E-state index contributed by atoms with van der Waals surface area (Å²) in [6, 6.07) is -1.90. The van der Waals surface area contributed by atoms with Crippen molar-refractivity contribution in [1.82, 2.24) is 20.2 Å². The smallest absolute Gasteiger partial charge is 0.328 e. The van der Waals surface area contributed by atoms with Crippen LogP contribution in [0.2, 0.25) is 0 Å². The predicted octanol–water partition coefficient (Wildman–Crippen LogP) is -0.204. The van der Waals surface area contributed by atoms with Crippen molar-refractivity contribution in [3.63, 3.8) is 0 Å². The summed E-state index contributed by atoms with van der Waals surface area (Å²) in [5.74, 6) is -1.27. The molecule has 0 saturated heterocycles. The van der Waals surface area contributed by atoms with Gasteiger partial charge in [0, 0.05) is 25.5 Å². The molecule has 0 aliphatic rings. The summed E-state index contributed by atoms with van der Waals surface area (Å²) in [4.78, 5) is 26.1. The van der Waals surface area contributed by atoms with Gasteiger partial charge >= 0.3 is 12.0 Å². The number of carboxylic acid groups (broad SMARTS) is 1. The van der Waals surface area contributed by atoms with Crippen LogP contribution in [0.4, 0.5) is 4.79 Å². The summed E-state index contributed by atoms with van der Waals surface area (Å²) in [5, 5.41) is 22.8. The first kappa shape index (κ1) is 16.0. The van der Waals surface area contributed by atoms with E-state index in [0.29, 0.717) is 6.54 Å². The summed E-state index contributed by atoms with van der Waals surface area (Å²) >= 11 is 0. The summed E-state index contributed by atoms with van der Waals surface area (Å²) in [6.07, 6.45) is 5.77. The Morgan fingerprint density at radius 2 is 2.15 bits per heavy atom. The van der Waals surface area contributed by atoms with E-state index >= 15 is 0 Å². The molecule has 0 aromatic carbocycles. The summed E-state index contributed by atoms with van der Waals surface area (Å²) < 4.78 is 1.94. The van der Waals surface area contributed by atoms with Gasteiger partial charge in [0.25, 0.3) is 0 Å². The number of aliphatic hydroxyl groups excluding tert-OH is 1. The van der Waals surface area contributed by atoms with Crippen molar-refractivity contribution < 1.29 is 19.8 Å². The van der Waals surface area contributed by atoms with E-state index in [0.717, 1.165) is 19.4 Å². The third-order valence-corrected chi connectivity index (χ3v) is 2.72. The highest BCUT2D eigenvalue weighted by Crippen LogP contribution is 1.95. The molecule has 0 unspecified atom stereocenters. The number of nitrogens with one attached hydrogen (secondary N) is 2. The number of aryl methyl sites for hydroxylation is 1. The van der Waals surface area contributed by atoms with Gasteiger partial charge in [0.2, 0.25) is 0 Å². The molecule has 0 radical (unpaired) electrons. The zero-order chi connectivity index (χ0) is 15.0. The van der Waals surface area contributed by atoms with Gasteiger partial charge < -0.3 is 25.4 Å². The number of carboxylic acids is 1. The lowest BCUT2D eigenvalue weighted by Gasteiger charge is -2.17. The Morgan fingerprint density at radius 3 is 2.70 bits per heavy atom. The van der Waals surface area contributed by atoms with Crippen LogP contribution in [0.25, 0.3) is 0 Å². The number of hydrogen-bond acceptors (Lipinski definition) is 4. The van der Waals surface area contributed by atoms with Crippen LogP contribution in [0.1, 0.15) is 19.8 Å². The van der Waals surface area contributed by atoms with Gasteiger partial charge in [-0.2, -0.15) is 0 Å². The summed E-state index contributed by atoms with van der Waals surface area (Å²) in [6.45, 7) is 2.56. The Bertz CT molecular complexity index is 419. The van der Waals surface area contributed by atoms with Crippen LogP contribution >= 0.6 is 0 Å². The zero-order valence-corrected chi connectivity index (χ0v) is 11.3. The largest absolute Gasteiger partial charge is 0.480 e. The van der Waals surface area contributed by atoms with Gasteiger partial charge in [-0.25, -0.2) is 14.6 Å². The van der Waals surface area contributed by atoms with E-state index in [1.165, 1.54) is 6.92 Å². The SMILES string of the molecule is C[C@@H](O)[C@H](NC(=O)NCCCCn1ccnc1)C(=O)O. The summed E-state index contributed by atoms with van der Waals surface area (Å²) in [7, 11) is 0. The Morgan fingerprint density at radius 1 is 1.40 bits per heavy atom. The number of nitrogens with zero attached hydrogens (tertiary/aromatic N) is 2. The first-order valence-electron chi connectivity index (χ1n) is 6.41. The average molecular weight is 284 g/mol. The molecule has 1 rings (SSSR count). The molecule has 2 amide bonds. The van der Waals surface area contributed by atoms with Crippen LogP contribution < -0.4 is 10.6 Å². The molecule has 0 fully saturated rings. The van der Waals surface area contributed by atoms with Gasteiger partial charge in [-0.1, -0.05) is 0 Å². The topological polar surface area (TPSA) is 116 Å². The second kappa shape index (κ2) is 8.16. The molecule has 1 aromatic rings. The van der Waals surface area contributed by atoms with Crippen molar-refractivity contribution in [2.75, 3.05) is 6.54 Å². The fourth-order valence-corrected chi connectivity index (χ4v) is 1.62. The van der Waals surface area contributed by atoms with E-state index in [2.05, 4.69) is 15.6 Å². The van der Waals surface area contributed by atoms with Crippen LogP contribution in [-0.2, 0) is 11.3 Å². The zero-order valence-electron chi connectivity index (χ0n) is 11.3. The Balaban J connectivity index is 2.14. The molecule has 0 spiro atoms. The minimum absolute atomic E-state index is 0.437. The summed E-state index contributed by atoms with van der Waals surface area (Å²) in [5.41, 5.74) is 0. The maximum atomic E-state index is 11.4. The van der Waals surface area contributed by atoms with Crippen molar-refractivity contribution in [1.29, 1.82) is 0 Å². The van der Waals surface area contributed by atoms with E-state index in [9.17, 15) is 14.7 Å². The molecule has 0 aliphatic heterocycles. The molecule has 20 heavy (non-hydrogen) atoms. The number of aromatic nitrogens is 2. The molecule has 0 bridgehead atoms. The number of carbonyl (C=O) groups is 2. The van der Waals surface area contributed by atoms with Crippen LogP contribution in [0.15, 0.2) is 18.7 Å². The lowest BCUT2D eigenvalue weighted by molar-refractivity contribution is -0.141. The second-order valence-corrected chi connectivity index (χ2v) is 4.46. The van der Waals surface area contributed by atoms with Crippen LogP contribution in [0.5, 0.6) is 0 Å². The van der Waals surface area contributed by atoms with Crippen molar-refractivity contribution in [2.24, 2.45) is 0 Å². The van der Waals surface area contributed by atoms with E-state index in [1.807, 2.05) is 10.8 Å². The fourth-order valence-electron chi connectivity index (χ4n) is 1.62. The Labute approximate surface area is 116 Å². The van der Waals surface area contributed by atoms with Gasteiger partial charge in [0.1, 0.15) is 0 Å². The molecule has 1 heterocycles. The Kier molecular flexibility index (Phi) is 6.51. The molecular weight excluding hydrogens is 264 g/mol. The number of aliphatic carboxylic acids is 1. The second-order valence-electron chi connectivity index (χ2n) is 4.46. The molecule has 8 heteroatoms. The molecule has 8 nitrogen and oxygen atoms in total. The highest BCUT2D eigenvalue weighted by atomic mass is 16.4. The third-order valence-electron chi connectivity index (χ3n) is 2.72. The quantitative estimate of drug-likeness (QED) is 0.493. The number of aliphatic hydroxyl groups is 1. The van der Waals surface area contributed by atoms with Crippen molar-refractivity contribution in [3.8, 4) is 0 Å². The van der Waals surface area contributed by atoms with Crippen molar-refractivity contribution in [2.45, 2.75) is 38.5 Å². The lowest BCUT2D eigenvalue weighted by atomic mass is 10.2. The Hall–Kier alpha value is -2.09. The first-order chi connectivity index (χ1) is 9.50. The monoisotopic (exact) mass is 284 g/mol. The van der Waals surface area contributed by atoms with Crippen LogP contribution in [0, 0.1) is 0 Å². The third kappa shape index (κ3) is 5.70. The highest BCUT2D eigenvalue weighted by molar-refractivity contribution is 5.82. The highest BCUT2D eigenvalue weighted by Gasteiger charge is 2.24. The predicted molar refractivity (Wildman–Crippen MR) is 71.1 cm³/mol. The number of rotatable bonds is 8. The van der Waals surface area contributed by atoms with Crippen LogP contribution in [0.3, 0.4) is 0 Å². The molecule has 2 atom stereocenters. The van der Waals surface area contributed by atoms with Gasteiger partial charge in [0.05, 0.1) is 12.4 Å². The van der Waals surface area contributed by atoms with Crippen molar-refractivity contribution >= 4 is 12.0 Å². The number of hydrogen-bond donors (Lipinski definition) is 4. The van der Waals surface area contributed by atoms with E-state index in [4.69, 9.17) is 5.11 Å². The lowest BCUT2D eigenvalue weighted by Crippen LogP contribution is -2.51. The van der Waals surface area contributed by atoms with E-state index in [-0.39, 0.29) is 0 Å². The van der Waals surface area contributed by atoms with Gasteiger partial charge in [-0.05, 0) is 19.8 Å². The number of amides is 2. The van der Waals surface area contributed by atoms with Crippen molar-refractivity contribution in [3.05, 3.63) is 18.7 Å². The molecule has 0 saturated carbocycles. The van der Waals surface area contributed by atoms with Gasteiger partial charge in [-0.15, -0.1) is 0 Å². The molecular formula is C12H20N4O4. The molecule has 1 aromatic heterocycles. The molecule has 0 aliphatic carbocycles. The first-order valence-corrected chi connectivity index (χ1v) is 6.41.